The predicted molar refractivity (Wildman–Crippen MR) is 65.2 cm³/mol. The van der Waals surface area contributed by atoms with Crippen LogP contribution in [0.5, 0.6) is 5.75 Å². The Balaban J connectivity index is 0.00000144. The van der Waals surface area contributed by atoms with Crippen molar-refractivity contribution >= 4 is 38.5 Å². The van der Waals surface area contributed by atoms with Gasteiger partial charge >= 0.3 is 23.1 Å². The summed E-state index contributed by atoms with van der Waals surface area (Å²) in [6.07, 6.45) is 0. The summed E-state index contributed by atoms with van der Waals surface area (Å²) in [7, 11) is 1.01. The maximum absolute atomic E-state index is 9.71. The molecule has 0 amide bonds. The highest BCUT2D eigenvalue weighted by atomic mass is 28.1. The van der Waals surface area contributed by atoms with Crippen LogP contribution in [0.3, 0.4) is 0 Å². The van der Waals surface area contributed by atoms with E-state index in [1.54, 1.807) is 0 Å². The molecule has 0 atom stereocenters. The van der Waals surface area contributed by atoms with Crippen LogP contribution in [0.2, 0.25) is 0 Å². The van der Waals surface area contributed by atoms with E-state index in [2.05, 4.69) is 13.8 Å². The van der Waals surface area contributed by atoms with E-state index in [1.807, 2.05) is 13.8 Å². The van der Waals surface area contributed by atoms with Gasteiger partial charge in [-0.3, -0.25) is 0 Å². The summed E-state index contributed by atoms with van der Waals surface area (Å²) in [6.45, 7) is 8.19. The molecule has 0 aliphatic rings. The molecule has 0 aliphatic heterocycles. The van der Waals surface area contributed by atoms with Crippen LogP contribution in [0.15, 0.2) is 0 Å². The zero-order chi connectivity index (χ0) is 9.46. The molecule has 0 heterocycles. The van der Waals surface area contributed by atoms with Crippen LogP contribution in [-0.2, 0) is 0 Å². The number of phenolic OH excluding ortho intramolecular Hbond substituents is 1. The van der Waals surface area contributed by atoms with Gasteiger partial charge < -0.3 is 5.11 Å². The highest BCUT2D eigenvalue weighted by Gasteiger charge is 2.09. The van der Waals surface area contributed by atoms with Crippen molar-refractivity contribution in [3.8, 4) is 5.75 Å². The number of phenols is 1. The molecule has 1 aromatic carbocycles. The molecular formula is C10H18MgOSi. The molecule has 1 nitrogen and oxygen atoms in total. The lowest BCUT2D eigenvalue weighted by molar-refractivity contribution is 0.467. The van der Waals surface area contributed by atoms with Crippen LogP contribution >= 0.6 is 0 Å². The lowest BCUT2D eigenvalue weighted by Crippen LogP contribution is -2.14. The number of benzene rings is 1. The minimum atomic E-state index is 0. The largest absolute Gasteiger partial charge is 0.507 e. The van der Waals surface area contributed by atoms with Crippen molar-refractivity contribution in [2.75, 3.05) is 0 Å². The Morgan fingerprint density at radius 2 is 1.31 bits per heavy atom. The topological polar surface area (TPSA) is 20.2 Å². The predicted octanol–water partition coefficient (Wildman–Crippen LogP) is -0.300. The van der Waals surface area contributed by atoms with Gasteiger partial charge in [0.05, 0.1) is 0 Å². The molecule has 1 rings (SSSR count). The molecule has 0 aromatic heterocycles. The van der Waals surface area contributed by atoms with E-state index in [1.165, 1.54) is 16.3 Å². The molecular weight excluding hydrogens is 188 g/mol. The first-order valence-corrected chi connectivity index (χ1v) is 5.22. The molecule has 1 aromatic rings. The second-order valence-corrected chi connectivity index (χ2v) is 4.47. The average Bonchev–Trinajstić information content (AvgIpc) is 2.08. The Labute approximate surface area is 99.1 Å². The van der Waals surface area contributed by atoms with Crippen molar-refractivity contribution in [1.82, 2.24) is 0 Å². The van der Waals surface area contributed by atoms with Gasteiger partial charge in [-0.05, 0) is 49.9 Å². The Kier molecular flexibility index (Phi) is 4.48. The van der Waals surface area contributed by atoms with Gasteiger partial charge in [0.15, 0.2) is 0 Å². The molecule has 0 radical (unpaired) electrons. The van der Waals surface area contributed by atoms with Crippen LogP contribution < -0.4 is 5.19 Å². The number of aromatic hydroxyl groups is 1. The van der Waals surface area contributed by atoms with Crippen LogP contribution in [0, 0.1) is 27.7 Å². The van der Waals surface area contributed by atoms with E-state index in [9.17, 15) is 5.11 Å². The average molecular weight is 207 g/mol. The molecule has 1 N–H and O–H groups in total. The molecule has 0 saturated carbocycles. The van der Waals surface area contributed by atoms with Gasteiger partial charge in [-0.15, -0.1) is 0 Å². The molecule has 0 fully saturated rings. The summed E-state index contributed by atoms with van der Waals surface area (Å²) < 4.78 is 0. The Morgan fingerprint density at radius 1 is 0.846 bits per heavy atom. The number of rotatable bonds is 0. The van der Waals surface area contributed by atoms with Gasteiger partial charge in [0.2, 0.25) is 0 Å². The second-order valence-electron chi connectivity index (χ2n) is 3.47. The fraction of sp³-hybridized carbons (Fsp3) is 0.400. The van der Waals surface area contributed by atoms with Crippen molar-refractivity contribution in [3.05, 3.63) is 22.3 Å². The summed E-state index contributed by atoms with van der Waals surface area (Å²) in [6, 6.07) is 0. The highest BCUT2D eigenvalue weighted by Crippen LogP contribution is 2.24. The van der Waals surface area contributed by atoms with E-state index in [0.717, 1.165) is 21.4 Å². The Hall–Kier alpha value is 0.00312. The van der Waals surface area contributed by atoms with Gasteiger partial charge in [-0.1, -0.05) is 5.19 Å². The fourth-order valence-electron chi connectivity index (χ4n) is 1.48. The zero-order valence-corrected chi connectivity index (χ0v) is 10.4. The normalized spacial score (nSPS) is 9.85. The van der Waals surface area contributed by atoms with E-state index in [4.69, 9.17) is 0 Å². The molecule has 0 spiro atoms. The third-order valence-corrected chi connectivity index (χ3v) is 4.46. The smallest absolute Gasteiger partial charge is 0.316 e. The highest BCUT2D eigenvalue weighted by molar-refractivity contribution is 6.34. The molecule has 0 unspecified atom stereocenters. The van der Waals surface area contributed by atoms with Crippen LogP contribution in [-0.4, -0.2) is 38.4 Å². The molecule has 3 heteroatoms. The van der Waals surface area contributed by atoms with E-state index >= 15 is 0 Å². The number of hydrogen-bond donors (Lipinski definition) is 1. The quantitative estimate of drug-likeness (QED) is 0.578. The monoisotopic (exact) mass is 206 g/mol. The minimum absolute atomic E-state index is 0. The summed E-state index contributed by atoms with van der Waals surface area (Å²) in [5.74, 6) is 0.489. The lowest BCUT2D eigenvalue weighted by Gasteiger charge is -2.14. The fourth-order valence-corrected chi connectivity index (χ4v) is 2.09. The van der Waals surface area contributed by atoms with Gasteiger partial charge in [0.25, 0.3) is 0 Å². The van der Waals surface area contributed by atoms with Crippen molar-refractivity contribution < 1.29 is 5.11 Å². The first-order chi connectivity index (χ1) is 5.46. The van der Waals surface area contributed by atoms with Gasteiger partial charge in [-0.2, -0.15) is 0 Å². The summed E-state index contributed by atoms with van der Waals surface area (Å²) >= 11 is 0. The van der Waals surface area contributed by atoms with Crippen LogP contribution in [0.25, 0.3) is 0 Å². The molecule has 0 saturated heterocycles. The van der Waals surface area contributed by atoms with E-state index < -0.39 is 0 Å². The second kappa shape index (κ2) is 4.48. The third kappa shape index (κ3) is 2.08. The molecule has 0 bridgehead atoms. The maximum atomic E-state index is 9.71. The third-order valence-electron chi connectivity index (χ3n) is 2.96. The van der Waals surface area contributed by atoms with Crippen molar-refractivity contribution in [3.63, 3.8) is 0 Å². The Bertz CT molecular complexity index is 229. The SMILES string of the molecule is Cc1c(C)c(O)c(C)c([SiH3])c1C.[MgH2]. The Morgan fingerprint density at radius 3 is 1.77 bits per heavy atom. The van der Waals surface area contributed by atoms with E-state index in [0.29, 0.717) is 5.75 Å². The van der Waals surface area contributed by atoms with Gasteiger partial charge in [-0.25, -0.2) is 0 Å². The van der Waals surface area contributed by atoms with Crippen LogP contribution in [0.4, 0.5) is 0 Å². The number of hydrogen-bond acceptors (Lipinski definition) is 1. The summed E-state index contributed by atoms with van der Waals surface area (Å²) in [5, 5.41) is 11.1. The standard InChI is InChI=1S/C10H16OSi.Mg.2H/c1-5-6(2)9(11)8(4)10(12)7(5)3;;;/h11H,1-4,12H3;;;. The lowest BCUT2D eigenvalue weighted by atomic mass is 9.99. The van der Waals surface area contributed by atoms with Crippen molar-refractivity contribution in [2.45, 2.75) is 27.7 Å². The van der Waals surface area contributed by atoms with Crippen molar-refractivity contribution in [2.24, 2.45) is 0 Å². The van der Waals surface area contributed by atoms with Crippen LogP contribution in [0.1, 0.15) is 22.3 Å². The summed E-state index contributed by atoms with van der Waals surface area (Å²) in [4.78, 5) is 0. The molecule has 13 heavy (non-hydrogen) atoms. The molecule has 0 aliphatic carbocycles. The first kappa shape index (κ1) is 13.0. The first-order valence-electron chi connectivity index (χ1n) is 4.22. The van der Waals surface area contributed by atoms with E-state index in [-0.39, 0.29) is 23.1 Å². The van der Waals surface area contributed by atoms with Gasteiger partial charge in [0.1, 0.15) is 5.75 Å². The minimum Gasteiger partial charge on any atom is -0.507 e. The van der Waals surface area contributed by atoms with Gasteiger partial charge in [0, 0.05) is 10.2 Å². The maximum Gasteiger partial charge on any atom is 0.316 e. The summed E-state index contributed by atoms with van der Waals surface area (Å²) in [5.41, 5.74) is 4.70. The molecule has 70 valence electrons. The van der Waals surface area contributed by atoms with Crippen molar-refractivity contribution in [1.29, 1.82) is 0 Å². The zero-order valence-electron chi connectivity index (χ0n) is 8.45.